The van der Waals surface area contributed by atoms with E-state index in [4.69, 9.17) is 11.5 Å². The number of amides is 2. The number of aryl methyl sites for hydroxylation is 1. The summed E-state index contributed by atoms with van der Waals surface area (Å²) in [6.07, 6.45) is 4.40. The normalized spacial score (nSPS) is 29.2. The summed E-state index contributed by atoms with van der Waals surface area (Å²) in [6.45, 7) is 0.340. The van der Waals surface area contributed by atoms with Gasteiger partial charge in [0.1, 0.15) is 12.1 Å². The standard InChI is InChI=1S/C25H30N10O3/c26-23-32-19-17(11-28-22(38)16-9-4-10-29-34-16)31-24(27)35-12-18(20(36)25(19,35)33-23)30-21(37)15-8-3-6-13-5-1-2-7-14(13)15/h3-4,6,8-10,17-20,36H,1-2,5,7,11-12H2,(H2,27,31)(H,28,38)(H,30,37)(H3,26,32,33)/p+1/t17-,18?,19-,20+,25-/m0/s1. The Morgan fingerprint density at radius 1 is 1.18 bits per heavy atom. The van der Waals surface area contributed by atoms with Crippen LogP contribution in [0.5, 0.6) is 0 Å². The summed E-state index contributed by atoms with van der Waals surface area (Å²) in [5.74, 6) is -0.212. The van der Waals surface area contributed by atoms with E-state index in [1.54, 1.807) is 17.0 Å². The van der Waals surface area contributed by atoms with Gasteiger partial charge >= 0.3 is 5.96 Å². The van der Waals surface area contributed by atoms with Crippen molar-refractivity contribution in [1.82, 2.24) is 31.0 Å². The Balaban J connectivity index is 1.22. The Morgan fingerprint density at radius 2 is 2.03 bits per heavy atom. The molecule has 1 unspecified atom stereocenters. The maximum absolute atomic E-state index is 13.4. The predicted octanol–water partition coefficient (Wildman–Crippen LogP) is -3.68. The van der Waals surface area contributed by atoms with Gasteiger partial charge in [0.25, 0.3) is 11.8 Å². The monoisotopic (exact) mass is 519 g/mol. The van der Waals surface area contributed by atoms with E-state index in [0.29, 0.717) is 5.56 Å². The number of hydrogen-bond acceptors (Lipinski definition) is 10. The average Bonchev–Trinajstić information content (AvgIpc) is 3.43. The number of aliphatic hydroxyl groups excluding tert-OH is 1. The Labute approximate surface area is 218 Å². The molecule has 3 aliphatic heterocycles. The number of aliphatic imine (C=N–C) groups is 1. The summed E-state index contributed by atoms with van der Waals surface area (Å²) in [4.78, 5) is 35.5. The smallest absolute Gasteiger partial charge is 0.343 e. The molecular formula is C25H31N10O3+. The fourth-order valence-electron chi connectivity index (χ4n) is 6.24. The van der Waals surface area contributed by atoms with Crippen molar-refractivity contribution in [3.8, 4) is 0 Å². The van der Waals surface area contributed by atoms with Crippen molar-refractivity contribution in [2.24, 2.45) is 16.5 Å². The van der Waals surface area contributed by atoms with Crippen molar-refractivity contribution in [3.05, 3.63) is 58.9 Å². The molecule has 6 rings (SSSR count). The summed E-state index contributed by atoms with van der Waals surface area (Å²) in [5.41, 5.74) is 14.5. The third kappa shape index (κ3) is 3.81. The molecule has 1 aliphatic carbocycles. The van der Waals surface area contributed by atoms with Crippen molar-refractivity contribution in [2.45, 2.75) is 55.6 Å². The predicted molar refractivity (Wildman–Crippen MR) is 137 cm³/mol. The van der Waals surface area contributed by atoms with E-state index in [1.165, 1.54) is 11.8 Å². The lowest BCUT2D eigenvalue weighted by atomic mass is 9.87. The highest BCUT2D eigenvalue weighted by Crippen LogP contribution is 2.35. The second-order valence-corrected chi connectivity index (χ2v) is 10.1. The van der Waals surface area contributed by atoms with Gasteiger partial charge in [-0.1, -0.05) is 12.1 Å². The number of nitrogens with one attached hydrogen (secondary N) is 4. The number of carbonyl (C=O) groups excluding carboxylic acids is 2. The first-order chi connectivity index (χ1) is 18.4. The maximum atomic E-state index is 13.4. The quantitative estimate of drug-likeness (QED) is 0.208. The lowest BCUT2D eigenvalue weighted by molar-refractivity contribution is -0.513. The van der Waals surface area contributed by atoms with Crippen LogP contribution in [0.1, 0.15) is 44.8 Å². The van der Waals surface area contributed by atoms with Crippen LogP contribution in [0.2, 0.25) is 0 Å². The zero-order valence-corrected chi connectivity index (χ0v) is 20.7. The van der Waals surface area contributed by atoms with Crippen LogP contribution in [0, 0.1) is 0 Å². The lowest BCUT2D eigenvalue weighted by Crippen LogP contribution is -2.88. The molecule has 13 nitrogen and oxygen atoms in total. The Kier molecular flexibility index (Phi) is 5.86. The molecule has 38 heavy (non-hydrogen) atoms. The summed E-state index contributed by atoms with van der Waals surface area (Å²) in [7, 11) is 0. The molecule has 4 heterocycles. The third-order valence-electron chi connectivity index (χ3n) is 7.97. The van der Waals surface area contributed by atoms with Crippen LogP contribution in [0.4, 0.5) is 0 Å². The van der Waals surface area contributed by atoms with Crippen LogP contribution in [-0.2, 0) is 12.8 Å². The number of hydrogen-bond donors (Lipinski definition) is 7. The Bertz CT molecular complexity index is 1330. The van der Waals surface area contributed by atoms with Gasteiger partial charge < -0.3 is 26.4 Å². The SMILES string of the molecule is NC1=N[C@@H](CNC(=O)c2cccnn2)[C@@H]2[NH+]=C(N)N[C@@]23[C@H](O)C(NC(=O)c2cccc4c2CCCC4)CN13. The highest BCUT2D eigenvalue weighted by molar-refractivity contribution is 5.96. The van der Waals surface area contributed by atoms with E-state index >= 15 is 0 Å². The fraction of sp³-hybridized carbons (Fsp3) is 0.440. The fourth-order valence-corrected chi connectivity index (χ4v) is 6.24. The minimum Gasteiger partial charge on any atom is -0.385 e. The van der Waals surface area contributed by atoms with Crippen LogP contribution in [0.15, 0.2) is 41.5 Å². The van der Waals surface area contributed by atoms with Gasteiger partial charge in [-0.05, 0) is 55.0 Å². The number of aromatic nitrogens is 2. The zero-order chi connectivity index (χ0) is 26.4. The molecule has 4 aliphatic rings. The summed E-state index contributed by atoms with van der Waals surface area (Å²) in [6, 6.07) is 7.25. The van der Waals surface area contributed by atoms with Crippen LogP contribution in [-0.4, -0.2) is 86.9 Å². The Hall–Kier alpha value is -4.26. The molecular weight excluding hydrogens is 488 g/mol. The summed E-state index contributed by atoms with van der Waals surface area (Å²) >= 11 is 0. The highest BCUT2D eigenvalue weighted by Gasteiger charge is 2.68. The molecule has 0 bridgehead atoms. The van der Waals surface area contributed by atoms with Gasteiger partial charge in [-0.2, -0.15) is 5.10 Å². The van der Waals surface area contributed by atoms with E-state index in [0.717, 1.165) is 31.2 Å². The minimum atomic E-state index is -1.16. The molecule has 1 spiro atoms. The molecule has 0 saturated carbocycles. The van der Waals surface area contributed by atoms with E-state index in [-0.39, 0.29) is 36.6 Å². The van der Waals surface area contributed by atoms with E-state index in [2.05, 4.69) is 42.2 Å². The Morgan fingerprint density at radius 3 is 2.84 bits per heavy atom. The van der Waals surface area contributed by atoms with Crippen LogP contribution >= 0.6 is 0 Å². The number of fused-ring (bicyclic) bond motifs is 1. The van der Waals surface area contributed by atoms with E-state index in [9.17, 15) is 14.7 Å². The molecule has 13 heteroatoms. The van der Waals surface area contributed by atoms with Gasteiger partial charge in [0.05, 0.1) is 6.04 Å². The molecule has 1 aromatic heterocycles. The molecule has 2 aromatic rings. The zero-order valence-electron chi connectivity index (χ0n) is 20.7. The van der Waals surface area contributed by atoms with E-state index in [1.807, 2.05) is 12.1 Å². The first kappa shape index (κ1) is 24.1. The van der Waals surface area contributed by atoms with Crippen LogP contribution in [0.3, 0.4) is 0 Å². The number of rotatable bonds is 5. The molecule has 2 amide bonds. The van der Waals surface area contributed by atoms with Crippen LogP contribution < -0.4 is 32.4 Å². The second-order valence-electron chi connectivity index (χ2n) is 10.1. The van der Waals surface area contributed by atoms with Crippen molar-refractivity contribution in [3.63, 3.8) is 0 Å². The molecule has 9 N–H and O–H groups in total. The van der Waals surface area contributed by atoms with E-state index < -0.39 is 35.8 Å². The molecule has 1 saturated heterocycles. The van der Waals surface area contributed by atoms with Gasteiger partial charge in [-0.3, -0.25) is 20.3 Å². The maximum Gasteiger partial charge on any atom is 0.343 e. The van der Waals surface area contributed by atoms with Gasteiger partial charge in [0, 0.05) is 24.8 Å². The van der Waals surface area contributed by atoms with Gasteiger partial charge in [0.15, 0.2) is 17.7 Å². The van der Waals surface area contributed by atoms with Gasteiger partial charge in [-0.15, -0.1) is 5.10 Å². The molecule has 198 valence electrons. The van der Waals surface area contributed by atoms with Crippen molar-refractivity contribution >= 4 is 23.7 Å². The number of carbonyl (C=O) groups is 2. The number of guanidine groups is 2. The molecule has 5 atom stereocenters. The minimum absolute atomic E-state index is 0.109. The van der Waals surface area contributed by atoms with Crippen LogP contribution in [0.25, 0.3) is 0 Å². The molecule has 1 fully saturated rings. The van der Waals surface area contributed by atoms with Crippen molar-refractivity contribution in [1.29, 1.82) is 0 Å². The topological polar surface area (TPSA) is 198 Å². The summed E-state index contributed by atoms with van der Waals surface area (Å²) < 4.78 is 0. The molecule has 0 radical (unpaired) electrons. The average molecular weight is 520 g/mol. The lowest BCUT2D eigenvalue weighted by Gasteiger charge is -2.43. The largest absolute Gasteiger partial charge is 0.385 e. The second kappa shape index (κ2) is 9.24. The number of nitrogens with zero attached hydrogens (tertiary/aromatic N) is 4. The third-order valence-corrected chi connectivity index (χ3v) is 7.97. The first-order valence-electron chi connectivity index (χ1n) is 12.8. The molecule has 1 aromatic carbocycles. The van der Waals surface area contributed by atoms with Gasteiger partial charge in [-0.25, -0.2) is 10.3 Å². The van der Waals surface area contributed by atoms with Gasteiger partial charge in [0.2, 0.25) is 5.66 Å². The van der Waals surface area contributed by atoms with Crippen molar-refractivity contribution < 1.29 is 19.7 Å². The number of benzene rings is 1. The first-order valence-corrected chi connectivity index (χ1v) is 12.8. The number of nitrogens with two attached hydrogens (primary N) is 2. The number of aliphatic hydroxyl groups is 1. The summed E-state index contributed by atoms with van der Waals surface area (Å²) in [5, 5.41) is 28.2. The van der Waals surface area contributed by atoms with Crippen molar-refractivity contribution in [2.75, 3.05) is 13.1 Å². The highest BCUT2D eigenvalue weighted by atomic mass is 16.3.